The maximum Gasteiger partial charge on any atom is 0.421 e. The van der Waals surface area contributed by atoms with Crippen molar-refractivity contribution in [3.8, 4) is 0 Å². The molecule has 110 valence electrons. The van der Waals surface area contributed by atoms with Gasteiger partial charge in [0.1, 0.15) is 0 Å². The molecule has 0 aliphatic carbocycles. The molecule has 0 radical (unpaired) electrons. The largest absolute Gasteiger partial charge is 0.421 e. The Hall–Kier alpha value is -1.58. The molecule has 1 aromatic carbocycles. The van der Waals surface area contributed by atoms with Crippen LogP contribution in [0.15, 0.2) is 21.7 Å². The lowest BCUT2D eigenvalue weighted by Crippen LogP contribution is -2.26. The Bertz CT molecular complexity index is 506. The maximum atomic E-state index is 11.8. The Morgan fingerprint density at radius 3 is 2.10 bits per heavy atom. The molecule has 20 heavy (non-hydrogen) atoms. The van der Waals surface area contributed by atoms with Crippen molar-refractivity contribution in [1.82, 2.24) is 0 Å². The molecule has 1 rings (SSSR count). The summed E-state index contributed by atoms with van der Waals surface area (Å²) in [5.41, 5.74) is 0.608. The molecule has 0 amide bonds. The molecule has 1 aromatic rings. The third-order valence-electron chi connectivity index (χ3n) is 2.70. The van der Waals surface area contributed by atoms with E-state index in [4.69, 9.17) is 0 Å². The van der Waals surface area contributed by atoms with Crippen molar-refractivity contribution in [3.05, 3.63) is 32.6 Å². The van der Waals surface area contributed by atoms with Gasteiger partial charge in [-0.15, -0.1) is 0 Å². The van der Waals surface area contributed by atoms with Crippen LogP contribution < -0.4 is 21.5 Å². The average Bonchev–Trinajstić information content (AvgIpc) is 2.24. The second kappa shape index (κ2) is 5.81. The van der Waals surface area contributed by atoms with Crippen molar-refractivity contribution < 1.29 is 0 Å². The predicted molar refractivity (Wildman–Crippen MR) is 86.1 cm³/mol. The maximum absolute atomic E-state index is 11.8. The molecule has 0 saturated carbocycles. The number of benzene rings is 1. The lowest BCUT2D eigenvalue weighted by Gasteiger charge is -2.16. The van der Waals surface area contributed by atoms with Gasteiger partial charge in [-0.05, 0) is 10.8 Å². The summed E-state index contributed by atoms with van der Waals surface area (Å²) < 4.78 is 0. The van der Waals surface area contributed by atoms with E-state index < -0.39 is 0 Å². The smallest absolute Gasteiger partial charge is 0.282 e. The molecule has 0 aromatic heterocycles. The molecule has 0 saturated heterocycles. The first-order chi connectivity index (χ1) is 8.98. The minimum absolute atomic E-state index is 0.0710. The summed E-state index contributed by atoms with van der Waals surface area (Å²) >= 11 is 0. The molecule has 0 atom stereocenters. The normalized spacial score (nSPS) is 12.3. The van der Waals surface area contributed by atoms with Gasteiger partial charge in [0.25, 0.3) is 11.4 Å². The van der Waals surface area contributed by atoms with Gasteiger partial charge in [0.05, 0.1) is 0 Å². The SMILES string of the molecule is CC(C)(C)CNc1c[c+](NCC(C)(C)C)c(=O)[cH+]c1=O. The fourth-order valence-electron chi connectivity index (χ4n) is 1.56. The van der Waals surface area contributed by atoms with E-state index in [0.717, 1.165) is 6.07 Å². The molecule has 0 fully saturated rings. The van der Waals surface area contributed by atoms with Crippen LogP contribution in [0.4, 0.5) is 11.4 Å². The van der Waals surface area contributed by atoms with Gasteiger partial charge in [0.15, 0.2) is 0 Å². The lowest BCUT2D eigenvalue weighted by atomic mass is 9.96. The standard InChI is InChI=1S/C16H26N2O2/c1-15(2,3)9-17-11-7-12(14(20)8-13(11)19)18-10-16(4,5)6/h7-8,17-18H,9-10H2,1-6H3/q+2. The van der Waals surface area contributed by atoms with Gasteiger partial charge in [-0.2, -0.15) is 0 Å². The third kappa shape index (κ3) is 5.59. The molecule has 0 spiro atoms. The Labute approximate surface area is 121 Å². The molecule has 4 heteroatoms. The minimum atomic E-state index is -0.249. The quantitative estimate of drug-likeness (QED) is 0.832. The number of nitrogens with one attached hydrogen (secondary N) is 2. The van der Waals surface area contributed by atoms with Crippen LogP contribution in [0.25, 0.3) is 0 Å². The van der Waals surface area contributed by atoms with Crippen molar-refractivity contribution in [2.24, 2.45) is 10.8 Å². The van der Waals surface area contributed by atoms with Gasteiger partial charge in [-0.1, -0.05) is 41.5 Å². The first-order valence-corrected chi connectivity index (χ1v) is 6.98. The monoisotopic (exact) mass is 278 g/mol. The van der Waals surface area contributed by atoms with E-state index in [2.05, 4.69) is 52.2 Å². The van der Waals surface area contributed by atoms with E-state index in [0.29, 0.717) is 24.5 Å². The number of hydrogen-bond donors (Lipinski definition) is 2. The van der Waals surface area contributed by atoms with E-state index in [9.17, 15) is 9.59 Å². The Kier molecular flexibility index (Phi) is 4.79. The summed E-state index contributed by atoms with van der Waals surface area (Å²) in [5, 5.41) is 6.25. The molecule has 2 N–H and O–H groups in total. The van der Waals surface area contributed by atoms with E-state index in [1.165, 1.54) is 0 Å². The highest BCUT2D eigenvalue weighted by molar-refractivity contribution is 5.56. The van der Waals surface area contributed by atoms with Gasteiger partial charge >= 0.3 is 10.9 Å². The molecular weight excluding hydrogens is 252 g/mol. The van der Waals surface area contributed by atoms with E-state index in [1.54, 1.807) is 6.07 Å². The van der Waals surface area contributed by atoms with E-state index in [-0.39, 0.29) is 21.7 Å². The van der Waals surface area contributed by atoms with Crippen molar-refractivity contribution in [3.63, 3.8) is 0 Å². The van der Waals surface area contributed by atoms with Gasteiger partial charge in [-0.3, -0.25) is 10.6 Å². The van der Waals surface area contributed by atoms with Crippen LogP contribution in [0.3, 0.4) is 0 Å². The Balaban J connectivity index is 2.92. The molecular formula is C16H26N2O2+2. The highest BCUT2D eigenvalue weighted by atomic mass is 16.1. The predicted octanol–water partition coefficient (Wildman–Crippen LogP) is 2.76. The molecule has 0 heterocycles. The zero-order valence-electron chi connectivity index (χ0n) is 13.4. The van der Waals surface area contributed by atoms with Crippen LogP contribution in [0.1, 0.15) is 41.5 Å². The third-order valence-corrected chi connectivity index (χ3v) is 2.70. The molecule has 0 aliphatic rings. The van der Waals surface area contributed by atoms with Crippen LogP contribution in [0.5, 0.6) is 0 Å². The first-order valence-electron chi connectivity index (χ1n) is 6.98. The minimum Gasteiger partial charge on any atom is -0.282 e. The topological polar surface area (TPSA) is 58.2 Å². The summed E-state index contributed by atoms with van der Waals surface area (Å²) in [4.78, 5) is 23.6. The van der Waals surface area contributed by atoms with Crippen LogP contribution in [0.2, 0.25) is 0 Å². The number of rotatable bonds is 4. The lowest BCUT2D eigenvalue weighted by molar-refractivity contribution is 0.442. The van der Waals surface area contributed by atoms with Gasteiger partial charge in [0, 0.05) is 13.1 Å². The van der Waals surface area contributed by atoms with E-state index >= 15 is 0 Å². The second-order valence-electron chi connectivity index (χ2n) is 7.67. The van der Waals surface area contributed by atoms with Gasteiger partial charge in [0.2, 0.25) is 12.1 Å². The zero-order valence-corrected chi connectivity index (χ0v) is 13.4. The van der Waals surface area contributed by atoms with Crippen LogP contribution in [-0.2, 0) is 0 Å². The zero-order chi connectivity index (χ0) is 15.6. The first kappa shape index (κ1) is 16.5. The highest BCUT2D eigenvalue weighted by Gasteiger charge is 2.26. The fourth-order valence-corrected chi connectivity index (χ4v) is 1.56. The average molecular weight is 278 g/mol. The van der Waals surface area contributed by atoms with E-state index in [1.807, 2.05) is 0 Å². The Morgan fingerprint density at radius 2 is 1.60 bits per heavy atom. The van der Waals surface area contributed by atoms with Crippen molar-refractivity contribution in [1.29, 1.82) is 0 Å². The summed E-state index contributed by atoms with van der Waals surface area (Å²) in [6.45, 7) is 13.9. The summed E-state index contributed by atoms with van der Waals surface area (Å²) in [6, 6.07) is 2.78. The number of anilines is 2. The summed E-state index contributed by atoms with van der Waals surface area (Å²) in [6.07, 6.45) is 0. The summed E-state index contributed by atoms with van der Waals surface area (Å²) in [5.74, 6) is 0. The fraction of sp³-hybridized carbons (Fsp3) is 0.625. The van der Waals surface area contributed by atoms with Crippen LogP contribution >= 0.6 is 0 Å². The van der Waals surface area contributed by atoms with Crippen LogP contribution in [-0.4, -0.2) is 13.1 Å². The molecule has 4 nitrogen and oxygen atoms in total. The second-order valence-corrected chi connectivity index (χ2v) is 7.67. The van der Waals surface area contributed by atoms with Crippen molar-refractivity contribution >= 4 is 11.4 Å². The molecule has 0 aliphatic heterocycles. The Morgan fingerprint density at radius 1 is 1.05 bits per heavy atom. The van der Waals surface area contributed by atoms with Crippen molar-refractivity contribution in [2.75, 3.05) is 23.7 Å². The van der Waals surface area contributed by atoms with Crippen molar-refractivity contribution in [2.45, 2.75) is 41.5 Å². The number of hydrogen-bond acceptors (Lipinski definition) is 4. The highest BCUT2D eigenvalue weighted by Crippen LogP contribution is 2.16. The molecule has 0 unspecified atom stereocenters. The molecule has 0 bridgehead atoms. The van der Waals surface area contributed by atoms with Crippen LogP contribution in [0, 0.1) is 10.8 Å². The van der Waals surface area contributed by atoms with Gasteiger partial charge < -0.3 is 0 Å². The van der Waals surface area contributed by atoms with Gasteiger partial charge in [-0.25, -0.2) is 9.59 Å². The summed E-state index contributed by atoms with van der Waals surface area (Å²) in [7, 11) is 0.